The van der Waals surface area contributed by atoms with E-state index >= 15 is 0 Å². The zero-order chi connectivity index (χ0) is 19.0. The van der Waals surface area contributed by atoms with Crippen molar-refractivity contribution in [3.63, 3.8) is 0 Å². The third-order valence-electron chi connectivity index (χ3n) is 5.21. The molecule has 138 valence electrons. The fraction of sp³-hybridized carbons (Fsp3) is 0.273. The maximum absolute atomic E-state index is 12.4. The minimum absolute atomic E-state index is 0.0104. The molecule has 5 nitrogen and oxygen atoms in total. The predicted octanol–water partition coefficient (Wildman–Crippen LogP) is 3.95. The van der Waals surface area contributed by atoms with Gasteiger partial charge in [0.1, 0.15) is 0 Å². The van der Waals surface area contributed by atoms with Gasteiger partial charge < -0.3 is 14.8 Å². The maximum atomic E-state index is 12.4. The molecule has 1 aliphatic heterocycles. The molecule has 1 aliphatic rings. The second kappa shape index (κ2) is 6.91. The smallest absolute Gasteiger partial charge is 0.254 e. The fourth-order valence-electron chi connectivity index (χ4n) is 3.86. The molecule has 2 heterocycles. The minimum Gasteiger partial charge on any atom is -0.345 e. The standard InChI is InChI=1S/C22H23N3O2/c1-3-25-15(2)12-17-13-18(8-9-20(17)25)23-21(26)10-11-24-14-16-6-4-5-7-19(16)22(24)27/h4-9,12-13H,3,10-11,14H2,1-2H3,(H,23,26). The molecule has 0 spiro atoms. The van der Waals surface area contributed by atoms with Gasteiger partial charge in [-0.05, 0) is 49.7 Å². The molecule has 0 aliphatic carbocycles. The third-order valence-corrected chi connectivity index (χ3v) is 5.21. The number of anilines is 1. The van der Waals surface area contributed by atoms with Gasteiger partial charge in [-0.1, -0.05) is 18.2 Å². The van der Waals surface area contributed by atoms with Crippen LogP contribution in [0.15, 0.2) is 48.5 Å². The molecule has 27 heavy (non-hydrogen) atoms. The van der Waals surface area contributed by atoms with Crippen molar-refractivity contribution in [2.45, 2.75) is 33.4 Å². The van der Waals surface area contributed by atoms with Crippen LogP contribution in [-0.4, -0.2) is 27.8 Å². The van der Waals surface area contributed by atoms with Gasteiger partial charge >= 0.3 is 0 Å². The van der Waals surface area contributed by atoms with Crippen molar-refractivity contribution < 1.29 is 9.59 Å². The average Bonchev–Trinajstić information content (AvgIpc) is 3.15. The number of nitrogens with zero attached hydrogens (tertiary/aromatic N) is 2. The number of aromatic nitrogens is 1. The van der Waals surface area contributed by atoms with Crippen molar-refractivity contribution in [1.82, 2.24) is 9.47 Å². The van der Waals surface area contributed by atoms with E-state index in [-0.39, 0.29) is 18.2 Å². The maximum Gasteiger partial charge on any atom is 0.254 e. The van der Waals surface area contributed by atoms with E-state index in [4.69, 9.17) is 0 Å². The molecule has 2 aromatic carbocycles. The number of carbonyl (C=O) groups excluding carboxylic acids is 2. The van der Waals surface area contributed by atoms with Crippen LogP contribution in [0, 0.1) is 6.92 Å². The molecule has 0 bridgehead atoms. The van der Waals surface area contributed by atoms with E-state index in [2.05, 4.69) is 29.8 Å². The first-order valence-corrected chi connectivity index (χ1v) is 9.33. The van der Waals surface area contributed by atoms with Crippen LogP contribution in [0.3, 0.4) is 0 Å². The molecule has 0 unspecified atom stereocenters. The van der Waals surface area contributed by atoms with Crippen LogP contribution in [0.5, 0.6) is 0 Å². The molecule has 3 aromatic rings. The second-order valence-corrected chi connectivity index (χ2v) is 6.99. The van der Waals surface area contributed by atoms with E-state index in [0.29, 0.717) is 13.1 Å². The number of benzene rings is 2. The Kier molecular flexibility index (Phi) is 4.44. The van der Waals surface area contributed by atoms with Gasteiger partial charge in [-0.2, -0.15) is 0 Å². The predicted molar refractivity (Wildman–Crippen MR) is 107 cm³/mol. The van der Waals surface area contributed by atoms with E-state index in [9.17, 15) is 9.59 Å². The van der Waals surface area contributed by atoms with Crippen LogP contribution in [0.25, 0.3) is 10.9 Å². The number of rotatable bonds is 5. The summed E-state index contributed by atoms with van der Waals surface area (Å²) in [7, 11) is 0. The summed E-state index contributed by atoms with van der Waals surface area (Å²) in [5.41, 5.74) is 4.96. The molecule has 1 N–H and O–H groups in total. The Morgan fingerprint density at radius 1 is 1.15 bits per heavy atom. The molecular formula is C22H23N3O2. The zero-order valence-corrected chi connectivity index (χ0v) is 15.7. The monoisotopic (exact) mass is 361 g/mol. The van der Waals surface area contributed by atoms with E-state index in [1.165, 1.54) is 11.2 Å². The van der Waals surface area contributed by atoms with Gasteiger partial charge in [0.15, 0.2) is 0 Å². The van der Waals surface area contributed by atoms with Crippen LogP contribution >= 0.6 is 0 Å². The highest BCUT2D eigenvalue weighted by Gasteiger charge is 2.26. The lowest BCUT2D eigenvalue weighted by atomic mass is 10.1. The van der Waals surface area contributed by atoms with Crippen LogP contribution in [0.2, 0.25) is 0 Å². The van der Waals surface area contributed by atoms with Crippen LogP contribution in [0.1, 0.15) is 35.0 Å². The van der Waals surface area contributed by atoms with Crippen LogP contribution < -0.4 is 5.32 Å². The normalized spacial score (nSPS) is 13.3. The quantitative estimate of drug-likeness (QED) is 0.748. The fourth-order valence-corrected chi connectivity index (χ4v) is 3.86. The van der Waals surface area contributed by atoms with Gasteiger partial charge in [0.25, 0.3) is 5.91 Å². The lowest BCUT2D eigenvalue weighted by molar-refractivity contribution is -0.116. The first-order valence-electron chi connectivity index (χ1n) is 9.33. The highest BCUT2D eigenvalue weighted by molar-refractivity contribution is 5.99. The van der Waals surface area contributed by atoms with Crippen molar-refractivity contribution in [1.29, 1.82) is 0 Å². The SMILES string of the molecule is CCn1c(C)cc2cc(NC(=O)CCN3Cc4ccccc4C3=O)ccc21. The summed E-state index contributed by atoms with van der Waals surface area (Å²) in [6.45, 7) is 6.14. The molecule has 1 aromatic heterocycles. The van der Waals surface area contributed by atoms with Gasteiger partial charge in [0.05, 0.1) is 0 Å². The summed E-state index contributed by atoms with van der Waals surface area (Å²) < 4.78 is 2.25. The Bertz CT molecular complexity index is 1040. The van der Waals surface area contributed by atoms with Crippen molar-refractivity contribution in [2.75, 3.05) is 11.9 Å². The lowest BCUT2D eigenvalue weighted by Crippen LogP contribution is -2.28. The number of fused-ring (bicyclic) bond motifs is 2. The number of aryl methyl sites for hydroxylation is 2. The first-order chi connectivity index (χ1) is 13.1. The Morgan fingerprint density at radius 3 is 2.74 bits per heavy atom. The molecule has 5 heteroatoms. The van der Waals surface area contributed by atoms with Gasteiger partial charge in [0.2, 0.25) is 5.91 Å². The largest absolute Gasteiger partial charge is 0.345 e. The summed E-state index contributed by atoms with van der Waals surface area (Å²) in [6.07, 6.45) is 0.284. The van der Waals surface area contributed by atoms with Crippen LogP contribution in [0.4, 0.5) is 5.69 Å². The van der Waals surface area contributed by atoms with Gasteiger partial charge in [-0.25, -0.2) is 0 Å². The number of hydrogen-bond donors (Lipinski definition) is 1. The highest BCUT2D eigenvalue weighted by atomic mass is 16.2. The summed E-state index contributed by atoms with van der Waals surface area (Å²) in [5, 5.41) is 4.08. The summed E-state index contributed by atoms with van der Waals surface area (Å²) >= 11 is 0. The minimum atomic E-state index is -0.0789. The van der Waals surface area contributed by atoms with E-state index in [0.717, 1.165) is 28.7 Å². The first kappa shape index (κ1) is 17.3. The third kappa shape index (κ3) is 3.21. The van der Waals surface area contributed by atoms with Crippen molar-refractivity contribution in [3.8, 4) is 0 Å². The molecule has 0 saturated carbocycles. The van der Waals surface area contributed by atoms with Gasteiger partial charge in [0, 0.05) is 53.9 Å². The summed E-state index contributed by atoms with van der Waals surface area (Å²) in [6, 6.07) is 15.7. The van der Waals surface area contributed by atoms with Crippen molar-refractivity contribution >= 4 is 28.4 Å². The van der Waals surface area contributed by atoms with Crippen molar-refractivity contribution in [2.24, 2.45) is 0 Å². The molecule has 0 saturated heterocycles. The molecule has 0 atom stereocenters. The van der Waals surface area contributed by atoms with Gasteiger partial charge in [-0.3, -0.25) is 9.59 Å². The molecular weight excluding hydrogens is 338 g/mol. The molecule has 4 rings (SSSR count). The molecule has 0 fully saturated rings. The zero-order valence-electron chi connectivity index (χ0n) is 15.7. The summed E-state index contributed by atoms with van der Waals surface area (Å²) in [5.74, 6) is -0.0686. The van der Waals surface area contributed by atoms with Crippen LogP contribution in [-0.2, 0) is 17.9 Å². The lowest BCUT2D eigenvalue weighted by Gasteiger charge is -2.15. The Labute approximate surface area is 158 Å². The van der Waals surface area contributed by atoms with Crippen molar-refractivity contribution in [3.05, 3.63) is 65.4 Å². The topological polar surface area (TPSA) is 54.3 Å². The Hall–Kier alpha value is -3.08. The summed E-state index contributed by atoms with van der Waals surface area (Å²) in [4.78, 5) is 26.5. The second-order valence-electron chi connectivity index (χ2n) is 6.99. The number of hydrogen-bond acceptors (Lipinski definition) is 2. The van der Waals surface area contributed by atoms with E-state index in [1.54, 1.807) is 4.90 Å². The highest BCUT2D eigenvalue weighted by Crippen LogP contribution is 2.24. The van der Waals surface area contributed by atoms with E-state index < -0.39 is 0 Å². The number of nitrogens with one attached hydrogen (secondary N) is 1. The average molecular weight is 361 g/mol. The Balaban J connectivity index is 1.39. The van der Waals surface area contributed by atoms with Gasteiger partial charge in [-0.15, -0.1) is 0 Å². The Morgan fingerprint density at radius 2 is 1.96 bits per heavy atom. The van der Waals surface area contributed by atoms with E-state index in [1.807, 2.05) is 42.5 Å². The molecule has 2 amide bonds. The molecule has 0 radical (unpaired) electrons. The number of amides is 2. The number of carbonyl (C=O) groups is 2.